The van der Waals surface area contributed by atoms with Gasteiger partial charge in [-0.05, 0) is 17.5 Å². The third-order valence-electron chi connectivity index (χ3n) is 2.84. The second-order valence-electron chi connectivity index (χ2n) is 4.24. The summed E-state index contributed by atoms with van der Waals surface area (Å²) in [5.41, 5.74) is 0.563. The zero-order chi connectivity index (χ0) is 15.5. The Morgan fingerprint density at radius 1 is 1.18 bits per heavy atom. The molecule has 110 valence electrons. The van der Waals surface area contributed by atoms with E-state index in [0.29, 0.717) is 5.13 Å². The first-order chi connectivity index (χ1) is 10.6. The molecule has 1 N–H and O–H groups in total. The van der Waals surface area contributed by atoms with Crippen LogP contribution in [-0.2, 0) is 0 Å². The van der Waals surface area contributed by atoms with Crippen molar-refractivity contribution in [3.8, 4) is 10.6 Å². The SMILES string of the molecule is O=C(Nc1nc(-c2cccs2)cs1)c1ccccc1[N+](=O)[O-]. The number of benzene rings is 1. The number of hydrogen-bond donors (Lipinski definition) is 1. The highest BCUT2D eigenvalue weighted by Gasteiger charge is 2.20. The molecule has 0 aliphatic heterocycles. The largest absolute Gasteiger partial charge is 0.298 e. The van der Waals surface area contributed by atoms with Crippen molar-refractivity contribution < 1.29 is 9.72 Å². The van der Waals surface area contributed by atoms with Crippen LogP contribution in [0.4, 0.5) is 10.8 Å². The van der Waals surface area contributed by atoms with E-state index in [1.807, 2.05) is 22.9 Å². The fourth-order valence-electron chi connectivity index (χ4n) is 1.86. The number of thiazole rings is 1. The highest BCUT2D eigenvalue weighted by molar-refractivity contribution is 7.16. The van der Waals surface area contributed by atoms with Crippen molar-refractivity contribution in [3.05, 3.63) is 62.8 Å². The maximum Gasteiger partial charge on any atom is 0.282 e. The number of rotatable bonds is 4. The van der Waals surface area contributed by atoms with Gasteiger partial charge in [-0.2, -0.15) is 0 Å². The minimum Gasteiger partial charge on any atom is -0.298 e. The number of nitro benzene ring substituents is 1. The zero-order valence-corrected chi connectivity index (χ0v) is 12.7. The van der Waals surface area contributed by atoms with Crippen LogP contribution in [0, 0.1) is 10.1 Å². The molecule has 2 aromatic heterocycles. The third kappa shape index (κ3) is 2.87. The van der Waals surface area contributed by atoms with Gasteiger partial charge < -0.3 is 0 Å². The Balaban J connectivity index is 1.82. The van der Waals surface area contributed by atoms with Crippen LogP contribution in [0.15, 0.2) is 47.2 Å². The monoisotopic (exact) mass is 331 g/mol. The molecule has 0 atom stereocenters. The van der Waals surface area contributed by atoms with E-state index >= 15 is 0 Å². The van der Waals surface area contributed by atoms with E-state index in [2.05, 4.69) is 10.3 Å². The third-order valence-corrected chi connectivity index (χ3v) is 4.49. The molecule has 0 unspecified atom stereocenters. The number of nitro groups is 1. The van der Waals surface area contributed by atoms with Gasteiger partial charge in [-0.25, -0.2) is 4.98 Å². The van der Waals surface area contributed by atoms with Gasteiger partial charge in [0, 0.05) is 11.4 Å². The second-order valence-corrected chi connectivity index (χ2v) is 6.05. The Hall–Kier alpha value is -2.58. The first-order valence-electron chi connectivity index (χ1n) is 6.19. The lowest BCUT2D eigenvalue weighted by molar-refractivity contribution is -0.385. The van der Waals surface area contributed by atoms with Crippen LogP contribution >= 0.6 is 22.7 Å². The number of hydrogen-bond acceptors (Lipinski definition) is 6. The summed E-state index contributed by atoms with van der Waals surface area (Å²) >= 11 is 2.83. The van der Waals surface area contributed by atoms with Crippen molar-refractivity contribution >= 4 is 39.4 Å². The lowest BCUT2D eigenvalue weighted by atomic mass is 10.1. The highest BCUT2D eigenvalue weighted by atomic mass is 32.1. The van der Waals surface area contributed by atoms with Gasteiger partial charge in [0.15, 0.2) is 5.13 Å². The van der Waals surface area contributed by atoms with Crippen LogP contribution in [0.2, 0.25) is 0 Å². The molecule has 6 nitrogen and oxygen atoms in total. The predicted molar refractivity (Wildman–Crippen MR) is 86.5 cm³/mol. The normalized spacial score (nSPS) is 10.4. The molecule has 0 spiro atoms. The van der Waals surface area contributed by atoms with E-state index in [-0.39, 0.29) is 11.3 Å². The molecule has 0 saturated carbocycles. The van der Waals surface area contributed by atoms with Gasteiger partial charge in [-0.15, -0.1) is 22.7 Å². The number of thiophene rings is 1. The van der Waals surface area contributed by atoms with Gasteiger partial charge in [0.1, 0.15) is 5.56 Å². The van der Waals surface area contributed by atoms with Gasteiger partial charge in [0.05, 0.1) is 15.5 Å². The Bertz CT molecular complexity index is 827. The zero-order valence-electron chi connectivity index (χ0n) is 11.1. The molecule has 0 bridgehead atoms. The average molecular weight is 331 g/mol. The summed E-state index contributed by atoms with van der Waals surface area (Å²) in [6, 6.07) is 9.68. The van der Waals surface area contributed by atoms with Crippen LogP contribution in [0.1, 0.15) is 10.4 Å². The van der Waals surface area contributed by atoms with Crippen molar-refractivity contribution in [2.75, 3.05) is 5.32 Å². The average Bonchev–Trinajstić information content (AvgIpc) is 3.17. The molecule has 22 heavy (non-hydrogen) atoms. The maximum absolute atomic E-state index is 12.2. The van der Waals surface area contributed by atoms with Gasteiger partial charge in [-0.3, -0.25) is 20.2 Å². The molecule has 0 fully saturated rings. The molecule has 0 aliphatic carbocycles. The molecule has 1 amide bonds. The van der Waals surface area contributed by atoms with Crippen molar-refractivity contribution in [1.29, 1.82) is 0 Å². The Morgan fingerprint density at radius 2 is 2.00 bits per heavy atom. The number of amides is 1. The number of carbonyl (C=O) groups excluding carboxylic acids is 1. The Kier molecular flexibility index (Phi) is 3.94. The fraction of sp³-hybridized carbons (Fsp3) is 0. The summed E-state index contributed by atoms with van der Waals surface area (Å²) in [6.45, 7) is 0. The van der Waals surface area contributed by atoms with Crippen molar-refractivity contribution in [1.82, 2.24) is 4.98 Å². The minimum absolute atomic E-state index is 0.0142. The molecule has 0 aliphatic rings. The molecular weight excluding hydrogens is 322 g/mol. The lowest BCUT2D eigenvalue weighted by Crippen LogP contribution is -2.13. The van der Waals surface area contributed by atoms with Gasteiger partial charge >= 0.3 is 0 Å². The molecule has 0 saturated heterocycles. The van der Waals surface area contributed by atoms with Crippen LogP contribution in [-0.4, -0.2) is 15.8 Å². The van der Waals surface area contributed by atoms with Crippen molar-refractivity contribution in [2.45, 2.75) is 0 Å². The number of nitrogens with zero attached hydrogens (tertiary/aromatic N) is 2. The quantitative estimate of drug-likeness (QED) is 0.577. The number of anilines is 1. The van der Waals surface area contributed by atoms with E-state index in [1.165, 1.54) is 29.5 Å². The topological polar surface area (TPSA) is 85.1 Å². The van der Waals surface area contributed by atoms with Gasteiger partial charge in [0.2, 0.25) is 0 Å². The van der Waals surface area contributed by atoms with Crippen molar-refractivity contribution in [3.63, 3.8) is 0 Å². The number of nitrogens with one attached hydrogen (secondary N) is 1. The first-order valence-corrected chi connectivity index (χ1v) is 7.95. The molecular formula is C14H9N3O3S2. The summed E-state index contributed by atoms with van der Waals surface area (Å²) in [5, 5.41) is 17.7. The smallest absolute Gasteiger partial charge is 0.282 e. The van der Waals surface area contributed by atoms with Crippen LogP contribution in [0.25, 0.3) is 10.6 Å². The van der Waals surface area contributed by atoms with Crippen LogP contribution in [0.5, 0.6) is 0 Å². The van der Waals surface area contributed by atoms with Crippen LogP contribution in [0.3, 0.4) is 0 Å². The predicted octanol–water partition coefficient (Wildman–Crippen LogP) is 4.03. The van der Waals surface area contributed by atoms with E-state index in [0.717, 1.165) is 10.6 Å². The summed E-state index contributed by atoms with van der Waals surface area (Å²) in [4.78, 5) is 27.9. The van der Waals surface area contributed by atoms with Gasteiger partial charge in [-0.1, -0.05) is 18.2 Å². The lowest BCUT2D eigenvalue weighted by Gasteiger charge is -2.02. The van der Waals surface area contributed by atoms with E-state index in [1.54, 1.807) is 17.4 Å². The van der Waals surface area contributed by atoms with E-state index < -0.39 is 10.8 Å². The molecule has 0 radical (unpaired) electrons. The Morgan fingerprint density at radius 3 is 2.73 bits per heavy atom. The van der Waals surface area contributed by atoms with E-state index in [9.17, 15) is 14.9 Å². The standard InChI is InChI=1S/C14H9N3O3S2/c18-13(9-4-1-2-5-11(9)17(19)20)16-14-15-10(8-22-14)12-6-3-7-21-12/h1-8H,(H,15,16,18). The summed E-state index contributed by atoms with van der Waals surface area (Å²) in [6.07, 6.45) is 0. The number of para-hydroxylation sites is 1. The number of carbonyl (C=O) groups is 1. The van der Waals surface area contributed by atoms with Crippen molar-refractivity contribution in [2.24, 2.45) is 0 Å². The number of aromatic nitrogens is 1. The molecule has 8 heteroatoms. The Labute approximate surface area is 133 Å². The minimum atomic E-state index is -0.576. The summed E-state index contributed by atoms with van der Waals surface area (Å²) in [5.74, 6) is -0.542. The highest BCUT2D eigenvalue weighted by Crippen LogP contribution is 2.29. The fourth-order valence-corrected chi connectivity index (χ4v) is 3.32. The summed E-state index contributed by atoms with van der Waals surface area (Å²) in [7, 11) is 0. The maximum atomic E-state index is 12.2. The first kappa shape index (κ1) is 14.4. The second kappa shape index (κ2) is 6.04. The molecule has 2 heterocycles. The molecule has 3 aromatic rings. The van der Waals surface area contributed by atoms with Gasteiger partial charge in [0.25, 0.3) is 11.6 Å². The molecule has 3 rings (SSSR count). The summed E-state index contributed by atoms with van der Waals surface area (Å²) < 4.78 is 0. The van der Waals surface area contributed by atoms with Crippen LogP contribution < -0.4 is 5.32 Å². The molecule has 1 aromatic carbocycles. The van der Waals surface area contributed by atoms with E-state index in [4.69, 9.17) is 0 Å².